The molecular weight excluding hydrogens is 674 g/mol. The van der Waals surface area contributed by atoms with E-state index in [9.17, 15) is 14.7 Å². The van der Waals surface area contributed by atoms with Crippen molar-refractivity contribution in [3.05, 3.63) is 70.2 Å². The number of hydrogen-bond acceptors (Lipinski definition) is 8. The van der Waals surface area contributed by atoms with Crippen molar-refractivity contribution in [2.45, 2.75) is 26.4 Å². The van der Waals surface area contributed by atoms with Crippen LogP contribution in [0.4, 0.5) is 17.3 Å². The van der Waals surface area contributed by atoms with Crippen LogP contribution in [0, 0.1) is 31.1 Å². The van der Waals surface area contributed by atoms with E-state index >= 15 is 0 Å². The van der Waals surface area contributed by atoms with E-state index in [1.807, 2.05) is 0 Å². The second-order valence-electron chi connectivity index (χ2n) is 7.88. The zero-order valence-corrected chi connectivity index (χ0v) is 24.3. The maximum Gasteiger partial charge on any atom is 2.00 e. The summed E-state index contributed by atoms with van der Waals surface area (Å²) in [6.45, 7) is 5.30. The number of rotatable bonds is 6. The van der Waals surface area contributed by atoms with Gasteiger partial charge in [0.2, 0.25) is 0 Å². The third-order valence-electron chi connectivity index (χ3n) is 4.64. The molecule has 0 fully saturated rings. The molecule has 11 heteroatoms. The molecule has 1 aliphatic heterocycles. The molecule has 0 saturated carbocycles. The van der Waals surface area contributed by atoms with Gasteiger partial charge < -0.3 is 30.6 Å². The second kappa shape index (κ2) is 12.2. The summed E-state index contributed by atoms with van der Waals surface area (Å²) in [6.07, 6.45) is 3.07. The van der Waals surface area contributed by atoms with Crippen molar-refractivity contribution in [2.24, 2.45) is 0 Å². The van der Waals surface area contributed by atoms with Crippen LogP contribution in [0.5, 0.6) is 0 Å². The fourth-order valence-electron chi connectivity index (χ4n) is 3.05. The number of esters is 1. The van der Waals surface area contributed by atoms with Crippen molar-refractivity contribution < 1.29 is 50.5 Å². The fourth-order valence-corrected chi connectivity index (χ4v) is 3.05. The van der Waals surface area contributed by atoms with Crippen LogP contribution in [-0.2, 0) is 10.3 Å². The molecule has 2 N–H and O–H groups in total. The third-order valence-corrected chi connectivity index (χ3v) is 4.64. The molecule has 4 heterocycles. The monoisotopic (exact) mass is 700 g/mol. The minimum absolute atomic E-state index is 0. The number of anilines is 2. The van der Waals surface area contributed by atoms with Crippen LogP contribution in [0.25, 0.3) is 21.9 Å². The number of carbonyl (C=O) groups excluding carboxylic acids is 2. The van der Waals surface area contributed by atoms with Gasteiger partial charge in [-0.05, 0) is 51.1 Å². The van der Waals surface area contributed by atoms with Gasteiger partial charge in [0.25, 0.3) is 0 Å². The Morgan fingerprint density at radius 3 is 2.49 bits per heavy atom. The first-order valence-corrected chi connectivity index (χ1v) is 10.6. The number of hydrogen-bond donors (Lipinski definition) is 2. The minimum Gasteiger partial charge on any atom is -0.668 e. The molecule has 0 radical (unpaired) electrons. The molecule has 3 aromatic heterocycles. The molecule has 0 spiro atoms. The summed E-state index contributed by atoms with van der Waals surface area (Å²) < 4.78 is 5.01. The molecule has 1 amide bonds. The molecule has 180 valence electrons. The van der Waals surface area contributed by atoms with E-state index < -0.39 is 11.6 Å². The fraction of sp³-hybridized carbons (Fsp3) is 0.292. The van der Waals surface area contributed by atoms with Crippen LogP contribution >= 0.6 is 0 Å². The average molecular weight is 701 g/mol. The number of pyridine rings is 3. The molecule has 0 atom stereocenters. The Balaban J connectivity index is 0.00000103. The second-order valence-corrected chi connectivity index (χ2v) is 7.88. The number of aromatic nitrogens is 3. The number of amides is 1. The molecular formula is C24H26N6O4U. The molecule has 0 aromatic carbocycles. The standard InChI is InChI=1S/C22H21N5O4.C2H6N.U/c1-4-31-21(29)12-7-8-23-17(9-12)27-19-18-15(26-20(18)28)10-14(25-19)13-5-6-16(24-11-13)22(2,3)30;1-3-2;/h5-11,30H,4H2,1-3H3,(H2,23,25,26,27,28);1-2H3;/q;-1;+2/p-1. The minimum atomic E-state index is -1.06. The predicted molar refractivity (Wildman–Crippen MR) is 129 cm³/mol. The molecule has 1 aliphatic rings. The molecule has 0 aliphatic carbocycles. The van der Waals surface area contributed by atoms with Gasteiger partial charge in [-0.3, -0.25) is 4.98 Å². The molecule has 35 heavy (non-hydrogen) atoms. The Kier molecular flexibility index (Phi) is 9.92. The summed E-state index contributed by atoms with van der Waals surface area (Å²) in [5.41, 5.74) is 1.90. The van der Waals surface area contributed by atoms with Gasteiger partial charge in [-0.25, -0.2) is 14.8 Å². The van der Waals surface area contributed by atoms with Crippen molar-refractivity contribution in [3.8, 4) is 11.3 Å². The predicted octanol–water partition coefficient (Wildman–Crippen LogP) is 4.47. The van der Waals surface area contributed by atoms with Crippen molar-refractivity contribution in [1.82, 2.24) is 15.0 Å². The van der Waals surface area contributed by atoms with Crippen LogP contribution in [-0.4, -0.2) is 52.6 Å². The number of carbonyl (C=O) groups is 2. The Labute approximate surface area is 227 Å². The normalized spacial score (nSPS) is 11.5. The van der Waals surface area contributed by atoms with Crippen molar-refractivity contribution in [2.75, 3.05) is 26.0 Å². The van der Waals surface area contributed by atoms with Gasteiger partial charge in [0.1, 0.15) is 17.2 Å². The van der Waals surface area contributed by atoms with Crippen molar-refractivity contribution >= 4 is 29.2 Å². The van der Waals surface area contributed by atoms with Crippen LogP contribution in [0.2, 0.25) is 0 Å². The number of nitrogens with one attached hydrogen (secondary N) is 1. The SMILES string of the molecule is CCOC(=O)c1ccnc(Nc2nc(-c3ccc(C(C)(C)O)nc3)cc3c2C(=O)[N-]3)c1.C[N-]C.[U+2]. The Morgan fingerprint density at radius 2 is 1.91 bits per heavy atom. The molecule has 0 saturated heterocycles. The quantitative estimate of drug-likeness (QED) is 0.359. The Hall–Kier alpha value is -2.84. The van der Waals surface area contributed by atoms with E-state index in [2.05, 4.69) is 30.9 Å². The smallest absolute Gasteiger partial charge is 0.668 e. The largest absolute Gasteiger partial charge is 2.00 e. The van der Waals surface area contributed by atoms with Gasteiger partial charge in [-0.2, -0.15) is 14.1 Å². The molecule has 4 rings (SSSR count). The first-order valence-electron chi connectivity index (χ1n) is 10.6. The first-order chi connectivity index (χ1) is 16.2. The maximum absolute atomic E-state index is 12.0. The number of fused-ring (bicyclic) bond motifs is 1. The molecule has 0 unspecified atom stereocenters. The molecule has 3 aromatic rings. The van der Waals surface area contributed by atoms with Crippen LogP contribution in [0.15, 0.2) is 42.7 Å². The van der Waals surface area contributed by atoms with E-state index in [-0.39, 0.29) is 49.4 Å². The topological polar surface area (TPSA) is 142 Å². The van der Waals surface area contributed by atoms with Crippen LogP contribution < -0.4 is 5.32 Å². The van der Waals surface area contributed by atoms with Crippen LogP contribution in [0.3, 0.4) is 0 Å². The number of nitrogens with zero attached hydrogens (tertiary/aromatic N) is 5. The van der Waals surface area contributed by atoms with Gasteiger partial charge in [0, 0.05) is 23.5 Å². The van der Waals surface area contributed by atoms with Gasteiger partial charge in [-0.1, -0.05) is 0 Å². The summed E-state index contributed by atoms with van der Waals surface area (Å²) in [5.74, 6) is -0.222. The van der Waals surface area contributed by atoms with Gasteiger partial charge in [0.05, 0.1) is 29.5 Å². The summed E-state index contributed by atoms with van der Waals surface area (Å²) in [7, 11) is 3.50. The van der Waals surface area contributed by atoms with E-state index in [0.29, 0.717) is 39.6 Å². The van der Waals surface area contributed by atoms with E-state index in [1.54, 1.807) is 65.3 Å². The van der Waals surface area contributed by atoms with E-state index in [4.69, 9.17) is 4.74 Å². The van der Waals surface area contributed by atoms with Crippen LogP contribution in [0.1, 0.15) is 47.2 Å². The molecule has 10 nitrogen and oxygen atoms in total. The van der Waals surface area contributed by atoms with E-state index in [1.165, 1.54) is 12.3 Å². The van der Waals surface area contributed by atoms with Crippen molar-refractivity contribution in [3.63, 3.8) is 0 Å². The summed E-state index contributed by atoms with van der Waals surface area (Å²) >= 11 is 0. The van der Waals surface area contributed by atoms with Gasteiger partial charge in [-0.15, -0.1) is 5.69 Å². The Morgan fingerprint density at radius 1 is 1.20 bits per heavy atom. The zero-order valence-electron chi connectivity index (χ0n) is 20.2. The third kappa shape index (κ3) is 6.86. The van der Waals surface area contributed by atoms with Gasteiger partial charge in [0.15, 0.2) is 0 Å². The first kappa shape index (κ1) is 28.4. The van der Waals surface area contributed by atoms with Crippen molar-refractivity contribution in [1.29, 1.82) is 0 Å². The zero-order chi connectivity index (χ0) is 24.9. The summed E-state index contributed by atoms with van der Waals surface area (Å²) in [5, 5.41) is 20.5. The number of aliphatic hydroxyl groups is 1. The molecule has 0 bridgehead atoms. The summed E-state index contributed by atoms with van der Waals surface area (Å²) in [4.78, 5) is 37.0. The van der Waals surface area contributed by atoms with E-state index in [0.717, 1.165) is 0 Å². The average Bonchev–Trinajstić information content (AvgIpc) is 2.78. The summed E-state index contributed by atoms with van der Waals surface area (Å²) in [6, 6.07) is 8.28. The van der Waals surface area contributed by atoms with Gasteiger partial charge >= 0.3 is 37.1 Å². The number of ether oxygens (including phenoxy) is 1. The maximum atomic E-state index is 12.0. The Bertz CT molecular complexity index is 1200.